The van der Waals surface area contributed by atoms with Crippen molar-refractivity contribution in [2.24, 2.45) is 5.92 Å². The summed E-state index contributed by atoms with van der Waals surface area (Å²) in [5, 5.41) is 0. The monoisotopic (exact) mass is 309 g/mol. The number of hydrogen-bond donors (Lipinski definition) is 0. The van der Waals surface area contributed by atoms with Crippen LogP contribution in [-0.4, -0.2) is 55.1 Å². The van der Waals surface area contributed by atoms with Crippen LogP contribution in [0, 0.1) is 5.92 Å². The van der Waals surface area contributed by atoms with E-state index in [1.807, 2.05) is 0 Å². The average molecular weight is 309 g/mol. The lowest BCUT2D eigenvalue weighted by Crippen LogP contribution is -2.46. The van der Waals surface area contributed by atoms with E-state index >= 15 is 0 Å². The molecule has 0 aromatic rings. The number of carbonyl (C=O) groups excluding carboxylic acids is 2. The molecule has 0 amide bonds. The SMILES string of the molecule is CCN(CC)C1CCC2C(COCC(C)=O)=CC(=O)OC2C1. The molecule has 0 aromatic carbocycles. The van der Waals surface area contributed by atoms with E-state index in [0.29, 0.717) is 12.6 Å². The van der Waals surface area contributed by atoms with E-state index in [2.05, 4.69) is 18.7 Å². The van der Waals surface area contributed by atoms with Gasteiger partial charge in [-0.2, -0.15) is 0 Å². The van der Waals surface area contributed by atoms with Crippen molar-refractivity contribution in [3.05, 3.63) is 11.6 Å². The first-order valence-electron chi connectivity index (χ1n) is 8.27. The highest BCUT2D eigenvalue weighted by Gasteiger charge is 2.39. The number of fused-ring (bicyclic) bond motifs is 1. The lowest BCUT2D eigenvalue weighted by Gasteiger charge is -2.42. The van der Waals surface area contributed by atoms with Gasteiger partial charge < -0.3 is 14.4 Å². The highest BCUT2D eigenvalue weighted by Crippen LogP contribution is 2.37. The Morgan fingerprint density at radius 2 is 2.09 bits per heavy atom. The topological polar surface area (TPSA) is 55.8 Å². The second kappa shape index (κ2) is 7.88. The largest absolute Gasteiger partial charge is 0.459 e. The molecule has 1 heterocycles. The minimum Gasteiger partial charge on any atom is -0.459 e. The molecule has 3 atom stereocenters. The molecule has 0 saturated heterocycles. The Kier molecular flexibility index (Phi) is 6.15. The van der Waals surface area contributed by atoms with Gasteiger partial charge in [0.05, 0.1) is 6.61 Å². The summed E-state index contributed by atoms with van der Waals surface area (Å²) in [6.45, 7) is 8.35. The first-order chi connectivity index (χ1) is 10.5. The van der Waals surface area contributed by atoms with Crippen LogP contribution in [0.25, 0.3) is 0 Å². The van der Waals surface area contributed by atoms with Gasteiger partial charge in [0.25, 0.3) is 0 Å². The number of ketones is 1. The normalized spacial score (nSPS) is 28.1. The van der Waals surface area contributed by atoms with Crippen molar-refractivity contribution in [1.29, 1.82) is 0 Å². The lowest BCUT2D eigenvalue weighted by molar-refractivity contribution is -0.150. The maximum absolute atomic E-state index is 11.8. The number of rotatable bonds is 7. The van der Waals surface area contributed by atoms with Gasteiger partial charge in [-0.1, -0.05) is 13.8 Å². The summed E-state index contributed by atoms with van der Waals surface area (Å²) in [5.41, 5.74) is 0.987. The fraction of sp³-hybridized carbons (Fsp3) is 0.765. The van der Waals surface area contributed by atoms with Gasteiger partial charge in [0.15, 0.2) is 5.78 Å². The van der Waals surface area contributed by atoms with Crippen molar-refractivity contribution in [3.63, 3.8) is 0 Å². The molecule has 2 aliphatic rings. The predicted octanol–water partition coefficient (Wildman–Crippen LogP) is 1.95. The minimum atomic E-state index is -0.275. The highest BCUT2D eigenvalue weighted by molar-refractivity contribution is 5.84. The highest BCUT2D eigenvalue weighted by atomic mass is 16.5. The van der Waals surface area contributed by atoms with Gasteiger partial charge in [-0.05, 0) is 38.4 Å². The molecule has 2 rings (SSSR count). The Bertz CT molecular complexity index is 442. The van der Waals surface area contributed by atoms with Crippen LogP contribution < -0.4 is 0 Å². The zero-order chi connectivity index (χ0) is 16.1. The molecule has 0 spiro atoms. The van der Waals surface area contributed by atoms with Crippen molar-refractivity contribution in [2.75, 3.05) is 26.3 Å². The van der Waals surface area contributed by atoms with Crippen LogP contribution >= 0.6 is 0 Å². The maximum Gasteiger partial charge on any atom is 0.331 e. The molecular weight excluding hydrogens is 282 g/mol. The van der Waals surface area contributed by atoms with Crippen LogP contribution in [0.15, 0.2) is 11.6 Å². The molecular formula is C17H27NO4. The van der Waals surface area contributed by atoms with Crippen molar-refractivity contribution in [2.45, 2.75) is 52.2 Å². The maximum atomic E-state index is 11.8. The van der Waals surface area contributed by atoms with Crippen LogP contribution in [0.2, 0.25) is 0 Å². The van der Waals surface area contributed by atoms with Gasteiger partial charge in [0.1, 0.15) is 12.7 Å². The molecule has 1 saturated carbocycles. The smallest absolute Gasteiger partial charge is 0.331 e. The number of nitrogens with zero attached hydrogens (tertiary/aromatic N) is 1. The standard InChI is InChI=1S/C17H27NO4/c1-4-18(5-2)14-6-7-15-13(11-21-10-12(3)19)8-17(20)22-16(15)9-14/h8,14-16H,4-7,9-11H2,1-3H3. The second-order valence-corrected chi connectivity index (χ2v) is 6.18. The van der Waals surface area contributed by atoms with E-state index in [4.69, 9.17) is 9.47 Å². The zero-order valence-electron chi connectivity index (χ0n) is 13.8. The van der Waals surface area contributed by atoms with Gasteiger partial charge in [-0.25, -0.2) is 4.79 Å². The molecule has 0 aromatic heterocycles. The van der Waals surface area contributed by atoms with E-state index in [1.54, 1.807) is 6.08 Å². The average Bonchev–Trinajstić information content (AvgIpc) is 2.47. The van der Waals surface area contributed by atoms with E-state index in [0.717, 1.165) is 37.9 Å². The summed E-state index contributed by atoms with van der Waals surface area (Å²) in [4.78, 5) is 25.2. The first kappa shape index (κ1) is 17.2. The fourth-order valence-electron chi connectivity index (χ4n) is 3.64. The van der Waals surface area contributed by atoms with Gasteiger partial charge in [0, 0.05) is 24.5 Å². The second-order valence-electron chi connectivity index (χ2n) is 6.18. The quantitative estimate of drug-likeness (QED) is 0.673. The molecule has 22 heavy (non-hydrogen) atoms. The molecule has 5 heteroatoms. The van der Waals surface area contributed by atoms with E-state index in [9.17, 15) is 9.59 Å². The Morgan fingerprint density at radius 1 is 1.36 bits per heavy atom. The molecule has 1 aliphatic carbocycles. The summed E-state index contributed by atoms with van der Waals surface area (Å²) in [6, 6.07) is 0.488. The van der Waals surface area contributed by atoms with Crippen molar-refractivity contribution in [1.82, 2.24) is 4.90 Å². The van der Waals surface area contributed by atoms with E-state index < -0.39 is 0 Å². The van der Waals surface area contributed by atoms with Crippen LogP contribution in [0.1, 0.15) is 40.0 Å². The molecule has 0 radical (unpaired) electrons. The molecule has 1 aliphatic heterocycles. The van der Waals surface area contributed by atoms with Gasteiger partial charge in [-0.3, -0.25) is 4.79 Å². The number of hydrogen-bond acceptors (Lipinski definition) is 5. The Hall–Kier alpha value is -1.20. The molecule has 3 unspecified atom stereocenters. The third-order valence-corrected chi connectivity index (χ3v) is 4.71. The predicted molar refractivity (Wildman–Crippen MR) is 83.5 cm³/mol. The molecule has 5 nitrogen and oxygen atoms in total. The number of ether oxygens (including phenoxy) is 2. The Labute approximate surface area is 132 Å². The lowest BCUT2D eigenvalue weighted by atomic mass is 9.77. The number of carbonyl (C=O) groups is 2. The fourth-order valence-corrected chi connectivity index (χ4v) is 3.64. The number of esters is 1. The zero-order valence-corrected chi connectivity index (χ0v) is 13.8. The first-order valence-corrected chi connectivity index (χ1v) is 8.27. The van der Waals surface area contributed by atoms with Gasteiger partial charge in [-0.15, -0.1) is 0 Å². The van der Waals surface area contributed by atoms with E-state index in [1.165, 1.54) is 6.92 Å². The molecule has 1 fully saturated rings. The number of Topliss-reactive ketones (excluding diaryl/α,β-unsaturated/α-hetero) is 1. The van der Waals surface area contributed by atoms with E-state index in [-0.39, 0.29) is 30.4 Å². The van der Waals surface area contributed by atoms with Crippen LogP contribution in [0.4, 0.5) is 0 Å². The third kappa shape index (κ3) is 4.17. The van der Waals surface area contributed by atoms with Crippen molar-refractivity contribution < 1.29 is 19.1 Å². The summed E-state index contributed by atoms with van der Waals surface area (Å²) >= 11 is 0. The molecule has 0 N–H and O–H groups in total. The van der Waals surface area contributed by atoms with Crippen LogP contribution in [0.3, 0.4) is 0 Å². The third-order valence-electron chi connectivity index (χ3n) is 4.71. The van der Waals surface area contributed by atoms with Gasteiger partial charge >= 0.3 is 5.97 Å². The van der Waals surface area contributed by atoms with Crippen molar-refractivity contribution in [3.8, 4) is 0 Å². The summed E-state index contributed by atoms with van der Waals surface area (Å²) < 4.78 is 11.0. The minimum absolute atomic E-state index is 0.000720. The summed E-state index contributed by atoms with van der Waals surface area (Å²) in [6.07, 6.45) is 4.52. The summed E-state index contributed by atoms with van der Waals surface area (Å²) in [7, 11) is 0. The Morgan fingerprint density at radius 3 is 2.73 bits per heavy atom. The Balaban J connectivity index is 1.99. The molecule has 0 bridgehead atoms. The van der Waals surface area contributed by atoms with Crippen LogP contribution in [-0.2, 0) is 19.1 Å². The van der Waals surface area contributed by atoms with Crippen LogP contribution in [0.5, 0.6) is 0 Å². The summed E-state index contributed by atoms with van der Waals surface area (Å²) in [5.74, 6) is -0.0277. The van der Waals surface area contributed by atoms with Gasteiger partial charge in [0.2, 0.25) is 0 Å². The van der Waals surface area contributed by atoms with Crippen molar-refractivity contribution >= 4 is 11.8 Å². The molecule has 124 valence electrons.